The maximum Gasteiger partial charge on any atom is 0.253 e. The molecule has 1 fully saturated rings. The Morgan fingerprint density at radius 1 is 0.923 bits per heavy atom. The third-order valence-corrected chi connectivity index (χ3v) is 4.60. The Kier molecular flexibility index (Phi) is 5.63. The summed E-state index contributed by atoms with van der Waals surface area (Å²) >= 11 is 0. The Labute approximate surface area is 153 Å². The van der Waals surface area contributed by atoms with Crippen molar-refractivity contribution >= 4 is 5.91 Å². The van der Waals surface area contributed by atoms with E-state index in [0.29, 0.717) is 23.2 Å². The SMILES string of the molecule is N#Cc1ccc(CN2CCCN(C(=O)c3cccc(C#N)c3)CC2)cc1. The number of nitrogens with zero attached hydrogens (tertiary/aromatic N) is 4. The van der Waals surface area contributed by atoms with Gasteiger partial charge in [-0.2, -0.15) is 10.5 Å². The summed E-state index contributed by atoms with van der Waals surface area (Å²) in [6.07, 6.45) is 0.917. The van der Waals surface area contributed by atoms with Crippen LogP contribution in [0.25, 0.3) is 0 Å². The summed E-state index contributed by atoms with van der Waals surface area (Å²) in [6, 6.07) is 18.7. The van der Waals surface area contributed by atoms with E-state index >= 15 is 0 Å². The molecule has 1 aliphatic heterocycles. The number of hydrogen-bond acceptors (Lipinski definition) is 4. The Balaban J connectivity index is 1.61. The van der Waals surface area contributed by atoms with Crippen LogP contribution in [0.4, 0.5) is 0 Å². The van der Waals surface area contributed by atoms with E-state index in [1.54, 1.807) is 24.3 Å². The Morgan fingerprint density at radius 2 is 1.69 bits per heavy atom. The number of amides is 1. The number of rotatable bonds is 3. The summed E-state index contributed by atoms with van der Waals surface area (Å²) in [5.74, 6) is -0.0117. The first-order chi connectivity index (χ1) is 12.7. The Morgan fingerprint density at radius 3 is 2.42 bits per heavy atom. The minimum atomic E-state index is -0.0117. The van der Waals surface area contributed by atoms with Crippen LogP contribution in [0.15, 0.2) is 48.5 Å². The average molecular weight is 344 g/mol. The first-order valence-corrected chi connectivity index (χ1v) is 8.70. The van der Waals surface area contributed by atoms with Gasteiger partial charge in [-0.1, -0.05) is 18.2 Å². The molecule has 0 radical (unpaired) electrons. The zero-order chi connectivity index (χ0) is 18.4. The van der Waals surface area contributed by atoms with Crippen molar-refractivity contribution < 1.29 is 4.79 Å². The van der Waals surface area contributed by atoms with Gasteiger partial charge in [-0.25, -0.2) is 0 Å². The van der Waals surface area contributed by atoms with E-state index in [9.17, 15) is 4.79 Å². The van der Waals surface area contributed by atoms with Crippen molar-refractivity contribution in [3.63, 3.8) is 0 Å². The lowest BCUT2D eigenvalue weighted by Crippen LogP contribution is -2.35. The summed E-state index contributed by atoms with van der Waals surface area (Å²) < 4.78 is 0. The first-order valence-electron chi connectivity index (χ1n) is 8.70. The molecule has 130 valence electrons. The number of hydrogen-bond donors (Lipinski definition) is 0. The van der Waals surface area contributed by atoms with E-state index in [-0.39, 0.29) is 5.91 Å². The molecule has 1 aliphatic rings. The van der Waals surface area contributed by atoms with E-state index < -0.39 is 0 Å². The van der Waals surface area contributed by atoms with Gasteiger partial charge in [-0.05, 0) is 42.3 Å². The zero-order valence-corrected chi connectivity index (χ0v) is 14.6. The van der Waals surface area contributed by atoms with Crippen LogP contribution >= 0.6 is 0 Å². The molecule has 0 atom stereocenters. The van der Waals surface area contributed by atoms with Gasteiger partial charge in [0.05, 0.1) is 23.3 Å². The van der Waals surface area contributed by atoms with E-state index in [0.717, 1.165) is 32.6 Å². The van der Waals surface area contributed by atoms with Crippen LogP contribution in [-0.4, -0.2) is 41.9 Å². The molecule has 0 N–H and O–H groups in total. The highest BCUT2D eigenvalue weighted by atomic mass is 16.2. The maximum absolute atomic E-state index is 12.7. The second-order valence-electron chi connectivity index (χ2n) is 6.42. The molecule has 3 rings (SSSR count). The molecule has 1 heterocycles. The molecule has 2 aromatic carbocycles. The molecule has 2 aromatic rings. The van der Waals surface area contributed by atoms with Crippen molar-refractivity contribution in [3.8, 4) is 12.1 Å². The van der Waals surface area contributed by atoms with Crippen molar-refractivity contribution in [1.82, 2.24) is 9.80 Å². The van der Waals surface area contributed by atoms with Gasteiger partial charge in [0, 0.05) is 38.3 Å². The van der Waals surface area contributed by atoms with E-state index in [4.69, 9.17) is 10.5 Å². The van der Waals surface area contributed by atoms with Crippen molar-refractivity contribution in [2.75, 3.05) is 26.2 Å². The lowest BCUT2D eigenvalue weighted by atomic mass is 10.1. The molecule has 0 bridgehead atoms. The Bertz CT molecular complexity index is 861. The minimum absolute atomic E-state index is 0.0117. The topological polar surface area (TPSA) is 71.1 Å². The number of carbonyl (C=O) groups is 1. The fourth-order valence-electron chi connectivity index (χ4n) is 3.18. The van der Waals surface area contributed by atoms with E-state index in [1.165, 1.54) is 5.56 Å². The van der Waals surface area contributed by atoms with Crippen LogP contribution < -0.4 is 0 Å². The van der Waals surface area contributed by atoms with Crippen LogP contribution in [0.2, 0.25) is 0 Å². The standard InChI is InChI=1S/C21H20N4O/c22-14-17-5-7-18(8-6-17)16-24-9-2-10-25(12-11-24)21(26)20-4-1-3-19(13-20)15-23/h1,3-8,13H,2,9-12,16H2. The average Bonchev–Trinajstić information content (AvgIpc) is 2.93. The summed E-state index contributed by atoms with van der Waals surface area (Å²) in [4.78, 5) is 16.9. The van der Waals surface area contributed by atoms with Crippen molar-refractivity contribution in [2.24, 2.45) is 0 Å². The fourth-order valence-corrected chi connectivity index (χ4v) is 3.18. The molecular formula is C21H20N4O. The van der Waals surface area contributed by atoms with Gasteiger partial charge in [0.25, 0.3) is 5.91 Å². The number of nitriles is 2. The molecule has 0 saturated carbocycles. The van der Waals surface area contributed by atoms with Crippen molar-refractivity contribution in [1.29, 1.82) is 10.5 Å². The minimum Gasteiger partial charge on any atom is -0.337 e. The van der Waals surface area contributed by atoms with Gasteiger partial charge in [0.1, 0.15) is 0 Å². The normalized spacial score (nSPS) is 14.9. The smallest absolute Gasteiger partial charge is 0.253 e. The molecule has 0 spiro atoms. The van der Waals surface area contributed by atoms with Crippen molar-refractivity contribution in [2.45, 2.75) is 13.0 Å². The van der Waals surface area contributed by atoms with Gasteiger partial charge < -0.3 is 4.90 Å². The molecule has 0 aliphatic carbocycles. The summed E-state index contributed by atoms with van der Waals surface area (Å²) in [7, 11) is 0. The van der Waals surface area contributed by atoms with Crippen LogP contribution in [0.3, 0.4) is 0 Å². The molecular weight excluding hydrogens is 324 g/mol. The van der Waals surface area contributed by atoms with Gasteiger partial charge >= 0.3 is 0 Å². The highest BCUT2D eigenvalue weighted by Crippen LogP contribution is 2.13. The second-order valence-corrected chi connectivity index (χ2v) is 6.42. The molecule has 5 nitrogen and oxygen atoms in total. The van der Waals surface area contributed by atoms with E-state index in [1.807, 2.05) is 29.2 Å². The third-order valence-electron chi connectivity index (χ3n) is 4.60. The molecule has 0 aromatic heterocycles. The summed E-state index contributed by atoms with van der Waals surface area (Å²) in [5.41, 5.74) is 2.92. The highest BCUT2D eigenvalue weighted by molar-refractivity contribution is 5.94. The predicted octanol–water partition coefficient (Wildman–Crippen LogP) is 2.78. The summed E-state index contributed by atoms with van der Waals surface area (Å²) in [6.45, 7) is 3.95. The van der Waals surface area contributed by atoms with Crippen molar-refractivity contribution in [3.05, 3.63) is 70.8 Å². The maximum atomic E-state index is 12.7. The van der Waals surface area contributed by atoms with Crippen LogP contribution in [0, 0.1) is 22.7 Å². The lowest BCUT2D eigenvalue weighted by Gasteiger charge is -2.22. The first kappa shape index (κ1) is 17.7. The fraction of sp³-hybridized carbons (Fsp3) is 0.286. The van der Waals surface area contributed by atoms with Gasteiger partial charge in [-0.15, -0.1) is 0 Å². The second kappa shape index (κ2) is 8.29. The van der Waals surface area contributed by atoms with E-state index in [2.05, 4.69) is 17.0 Å². The van der Waals surface area contributed by atoms with Crippen LogP contribution in [0.5, 0.6) is 0 Å². The largest absolute Gasteiger partial charge is 0.337 e. The molecule has 5 heteroatoms. The highest BCUT2D eigenvalue weighted by Gasteiger charge is 2.20. The Hall–Kier alpha value is -3.15. The number of benzene rings is 2. The van der Waals surface area contributed by atoms with Crippen LogP contribution in [-0.2, 0) is 6.54 Å². The van der Waals surface area contributed by atoms with Gasteiger partial charge in [0.15, 0.2) is 0 Å². The summed E-state index contributed by atoms with van der Waals surface area (Å²) in [5, 5.41) is 17.9. The molecule has 1 amide bonds. The third kappa shape index (κ3) is 4.27. The lowest BCUT2D eigenvalue weighted by molar-refractivity contribution is 0.0761. The predicted molar refractivity (Wildman–Crippen MR) is 98.1 cm³/mol. The molecule has 0 unspecified atom stereocenters. The zero-order valence-electron chi connectivity index (χ0n) is 14.6. The molecule has 26 heavy (non-hydrogen) atoms. The quantitative estimate of drug-likeness (QED) is 0.858. The number of carbonyl (C=O) groups excluding carboxylic acids is 1. The van der Waals surface area contributed by atoms with Gasteiger partial charge in [-0.3, -0.25) is 9.69 Å². The van der Waals surface area contributed by atoms with Gasteiger partial charge in [0.2, 0.25) is 0 Å². The monoisotopic (exact) mass is 344 g/mol. The molecule has 1 saturated heterocycles. The van der Waals surface area contributed by atoms with Crippen LogP contribution in [0.1, 0.15) is 33.5 Å².